The predicted octanol–water partition coefficient (Wildman–Crippen LogP) is 4.93. The van der Waals surface area contributed by atoms with Gasteiger partial charge in [0.25, 0.3) is 0 Å². The quantitative estimate of drug-likeness (QED) is 0.479. The lowest BCUT2D eigenvalue weighted by Crippen LogP contribution is -2.40. The molecule has 1 aliphatic heterocycles. The highest BCUT2D eigenvalue weighted by molar-refractivity contribution is 5.95. The molecule has 1 aliphatic carbocycles. The molecular weight excluding hydrogens is 445 g/mol. The Balaban J connectivity index is 1.27. The second kappa shape index (κ2) is 9.73. The van der Waals surface area contributed by atoms with Gasteiger partial charge in [-0.3, -0.25) is 14.4 Å². The molecule has 0 bridgehead atoms. The molecule has 1 saturated carbocycles. The van der Waals surface area contributed by atoms with E-state index in [4.69, 9.17) is 0 Å². The molecule has 2 aliphatic rings. The average Bonchev–Trinajstić information content (AvgIpc) is 3.30. The van der Waals surface area contributed by atoms with Gasteiger partial charge in [-0.05, 0) is 82.7 Å². The molecule has 0 radical (unpaired) electrons. The molecule has 8 nitrogen and oxygen atoms in total. The van der Waals surface area contributed by atoms with Crippen LogP contribution in [0.25, 0.3) is 11.3 Å². The number of rotatable bonds is 8. The number of nitrogens with zero attached hydrogens (tertiary/aromatic N) is 5. The molecule has 3 heterocycles. The molecule has 2 fully saturated rings. The van der Waals surface area contributed by atoms with Gasteiger partial charge in [0.15, 0.2) is 0 Å². The van der Waals surface area contributed by atoms with Gasteiger partial charge in [-0.1, -0.05) is 0 Å². The fraction of sp³-hybridized carbons (Fsp3) is 0.462. The maximum atomic E-state index is 14.9. The van der Waals surface area contributed by atoms with Crippen molar-refractivity contribution in [3.8, 4) is 11.3 Å². The van der Waals surface area contributed by atoms with Crippen molar-refractivity contribution in [3.05, 3.63) is 48.2 Å². The van der Waals surface area contributed by atoms with Crippen molar-refractivity contribution in [2.24, 2.45) is 5.92 Å². The van der Waals surface area contributed by atoms with E-state index in [1.165, 1.54) is 18.9 Å². The number of nitrogens with one attached hydrogen (secondary N) is 2. The second-order valence-electron chi connectivity index (χ2n) is 9.93. The minimum absolute atomic E-state index is 0.129. The van der Waals surface area contributed by atoms with Crippen LogP contribution in [0.3, 0.4) is 0 Å². The van der Waals surface area contributed by atoms with Gasteiger partial charge < -0.3 is 10.6 Å². The van der Waals surface area contributed by atoms with E-state index in [9.17, 15) is 9.18 Å². The van der Waals surface area contributed by atoms with Gasteiger partial charge in [-0.2, -0.15) is 5.10 Å². The summed E-state index contributed by atoms with van der Waals surface area (Å²) in [6.45, 7) is 7.99. The number of benzene rings is 1. The van der Waals surface area contributed by atoms with Gasteiger partial charge in [0.1, 0.15) is 5.82 Å². The topological polar surface area (TPSA) is 88.0 Å². The normalized spacial score (nSPS) is 18.3. The summed E-state index contributed by atoms with van der Waals surface area (Å²) in [5.74, 6) is 0.457. The van der Waals surface area contributed by atoms with E-state index >= 15 is 0 Å². The maximum absolute atomic E-state index is 14.9. The first-order valence-corrected chi connectivity index (χ1v) is 12.4. The Morgan fingerprint density at radius 2 is 2.06 bits per heavy atom. The van der Waals surface area contributed by atoms with Gasteiger partial charge in [0, 0.05) is 36.2 Å². The molecule has 3 aromatic rings. The molecular formula is C26H32FN7O. The number of aryl methyl sites for hydroxylation is 1. The highest BCUT2D eigenvalue weighted by atomic mass is 19.1. The number of halogens is 1. The van der Waals surface area contributed by atoms with E-state index in [1.807, 2.05) is 17.8 Å². The van der Waals surface area contributed by atoms with Crippen LogP contribution in [0.1, 0.15) is 51.1 Å². The van der Waals surface area contributed by atoms with Crippen LogP contribution in [-0.2, 0) is 4.79 Å². The molecule has 0 spiro atoms. The third-order valence-electron chi connectivity index (χ3n) is 6.71. The Bertz CT molecular complexity index is 1220. The number of hydrogen-bond donors (Lipinski definition) is 2. The van der Waals surface area contributed by atoms with Crippen LogP contribution in [0, 0.1) is 18.7 Å². The van der Waals surface area contributed by atoms with Gasteiger partial charge >= 0.3 is 0 Å². The summed E-state index contributed by atoms with van der Waals surface area (Å²) in [7, 11) is 0. The van der Waals surface area contributed by atoms with E-state index in [-0.39, 0.29) is 23.7 Å². The van der Waals surface area contributed by atoms with E-state index < -0.39 is 5.82 Å². The molecule has 0 unspecified atom stereocenters. The van der Waals surface area contributed by atoms with Gasteiger partial charge in [-0.15, -0.1) is 0 Å². The Morgan fingerprint density at radius 1 is 1.23 bits per heavy atom. The van der Waals surface area contributed by atoms with Gasteiger partial charge in [0.05, 0.1) is 23.6 Å². The average molecular weight is 478 g/mol. The van der Waals surface area contributed by atoms with E-state index in [0.717, 1.165) is 48.7 Å². The molecule has 5 rings (SSSR count). The molecule has 1 saturated heterocycles. The minimum Gasteiger partial charge on any atom is -0.324 e. The van der Waals surface area contributed by atoms with Crippen molar-refractivity contribution < 1.29 is 9.18 Å². The predicted molar refractivity (Wildman–Crippen MR) is 134 cm³/mol. The zero-order valence-electron chi connectivity index (χ0n) is 20.5. The fourth-order valence-electron chi connectivity index (χ4n) is 4.55. The Morgan fingerprint density at radius 3 is 2.77 bits per heavy atom. The monoisotopic (exact) mass is 477 g/mol. The van der Waals surface area contributed by atoms with Gasteiger partial charge in [-0.25, -0.2) is 14.4 Å². The van der Waals surface area contributed by atoms with Crippen molar-refractivity contribution in [1.82, 2.24) is 24.6 Å². The van der Waals surface area contributed by atoms with Crippen LogP contribution < -0.4 is 10.6 Å². The van der Waals surface area contributed by atoms with Crippen LogP contribution in [0.4, 0.5) is 21.7 Å². The third kappa shape index (κ3) is 5.35. The third-order valence-corrected chi connectivity index (χ3v) is 6.71. The summed E-state index contributed by atoms with van der Waals surface area (Å²) in [4.78, 5) is 24.1. The Hall–Kier alpha value is -3.33. The first-order valence-electron chi connectivity index (χ1n) is 12.4. The molecule has 2 N–H and O–H groups in total. The fourth-order valence-corrected chi connectivity index (χ4v) is 4.55. The molecule has 1 atom stereocenters. The number of carbonyl (C=O) groups excluding carboxylic acids is 1. The molecule has 1 amide bonds. The van der Waals surface area contributed by atoms with Crippen molar-refractivity contribution in [2.75, 3.05) is 23.7 Å². The number of amides is 1. The molecule has 35 heavy (non-hydrogen) atoms. The number of carbonyl (C=O) groups is 1. The number of anilines is 3. The van der Waals surface area contributed by atoms with Crippen LogP contribution in [-0.4, -0.2) is 49.7 Å². The molecule has 1 aromatic carbocycles. The summed E-state index contributed by atoms with van der Waals surface area (Å²) in [5, 5.41) is 10.3. The molecule has 184 valence electrons. The summed E-state index contributed by atoms with van der Waals surface area (Å²) in [5.41, 5.74) is 3.28. The van der Waals surface area contributed by atoms with E-state index in [0.29, 0.717) is 11.6 Å². The van der Waals surface area contributed by atoms with Crippen molar-refractivity contribution in [1.29, 1.82) is 0 Å². The van der Waals surface area contributed by atoms with Crippen molar-refractivity contribution in [2.45, 2.75) is 58.5 Å². The van der Waals surface area contributed by atoms with E-state index in [2.05, 4.69) is 44.4 Å². The number of aromatic nitrogens is 4. The second-order valence-corrected chi connectivity index (χ2v) is 9.93. The zero-order chi connectivity index (χ0) is 24.5. The minimum atomic E-state index is -0.499. The van der Waals surface area contributed by atoms with Crippen LogP contribution in [0.2, 0.25) is 0 Å². The largest absolute Gasteiger partial charge is 0.324 e. The van der Waals surface area contributed by atoms with Crippen LogP contribution >= 0.6 is 0 Å². The Labute approximate surface area is 205 Å². The Kier molecular flexibility index (Phi) is 6.51. The first-order chi connectivity index (χ1) is 16.9. The smallest absolute Gasteiger partial charge is 0.241 e. The maximum Gasteiger partial charge on any atom is 0.241 e. The molecule has 9 heteroatoms. The zero-order valence-corrected chi connectivity index (χ0v) is 20.5. The standard InChI is InChI=1S/C26H32FN7O/c1-16(2)34-15-19(13-29-34)24-17(3)12-28-26(32-24)30-20-8-9-22(21(27)11-20)31-25(35)23-5-4-10-33(23)14-18-6-7-18/h8-9,11-13,15-16,18,23H,4-7,10,14H2,1-3H3,(H,31,35)(H,28,30,32)/t23-/m1/s1. The molecule has 2 aromatic heterocycles. The highest BCUT2D eigenvalue weighted by Crippen LogP contribution is 2.33. The summed E-state index contributed by atoms with van der Waals surface area (Å²) in [6.07, 6.45) is 9.81. The van der Waals surface area contributed by atoms with Crippen LogP contribution in [0.5, 0.6) is 0 Å². The summed E-state index contributed by atoms with van der Waals surface area (Å²) < 4.78 is 16.8. The first kappa shape index (κ1) is 23.4. The van der Waals surface area contributed by atoms with Crippen molar-refractivity contribution in [3.63, 3.8) is 0 Å². The van der Waals surface area contributed by atoms with Crippen LogP contribution in [0.15, 0.2) is 36.8 Å². The lowest BCUT2D eigenvalue weighted by atomic mass is 10.1. The SMILES string of the molecule is Cc1cnc(Nc2ccc(NC(=O)[C@H]3CCCN3CC3CC3)c(F)c2)nc1-c1cnn(C(C)C)c1. The summed E-state index contributed by atoms with van der Waals surface area (Å²) in [6, 6.07) is 4.73. The highest BCUT2D eigenvalue weighted by Gasteiger charge is 2.35. The lowest BCUT2D eigenvalue weighted by Gasteiger charge is -2.23. The summed E-state index contributed by atoms with van der Waals surface area (Å²) >= 11 is 0. The van der Waals surface area contributed by atoms with Crippen molar-refractivity contribution >= 4 is 23.2 Å². The van der Waals surface area contributed by atoms with E-state index in [1.54, 1.807) is 24.5 Å². The lowest BCUT2D eigenvalue weighted by molar-refractivity contribution is -0.120. The number of hydrogen-bond acceptors (Lipinski definition) is 6. The van der Waals surface area contributed by atoms with Gasteiger partial charge in [0.2, 0.25) is 11.9 Å². The number of likely N-dealkylation sites (tertiary alicyclic amines) is 1.